The summed E-state index contributed by atoms with van der Waals surface area (Å²) in [6.07, 6.45) is 4.21. The summed E-state index contributed by atoms with van der Waals surface area (Å²) in [5, 5.41) is 3.95. The summed E-state index contributed by atoms with van der Waals surface area (Å²) in [6, 6.07) is 13.4. The molecular formula is C19H19N3O3. The average molecular weight is 337 g/mol. The van der Waals surface area contributed by atoms with E-state index in [1.807, 2.05) is 42.5 Å². The van der Waals surface area contributed by atoms with Gasteiger partial charge in [0.05, 0.1) is 19.3 Å². The number of likely N-dealkylation sites (tertiary alicyclic amines) is 1. The number of furan rings is 1. The third-order valence-corrected chi connectivity index (χ3v) is 4.26. The van der Waals surface area contributed by atoms with E-state index in [-0.39, 0.29) is 12.1 Å². The van der Waals surface area contributed by atoms with Crippen LogP contribution in [0, 0.1) is 0 Å². The van der Waals surface area contributed by atoms with Gasteiger partial charge in [-0.3, -0.25) is 4.98 Å². The zero-order chi connectivity index (χ0) is 17.1. The number of ether oxygens (including phenoxy) is 1. The Morgan fingerprint density at radius 3 is 3.08 bits per heavy atom. The fourth-order valence-corrected chi connectivity index (χ4v) is 3.02. The van der Waals surface area contributed by atoms with Gasteiger partial charge in [-0.2, -0.15) is 0 Å². The zero-order valence-corrected chi connectivity index (χ0v) is 13.7. The number of hydrogen-bond acceptors (Lipinski definition) is 4. The molecule has 0 aliphatic carbocycles. The van der Waals surface area contributed by atoms with Gasteiger partial charge in [0, 0.05) is 24.5 Å². The molecule has 3 aromatic rings. The maximum atomic E-state index is 12.3. The van der Waals surface area contributed by atoms with Gasteiger partial charge >= 0.3 is 6.03 Å². The Labute approximate surface area is 145 Å². The molecule has 0 spiro atoms. The Kier molecular flexibility index (Phi) is 4.24. The monoisotopic (exact) mass is 337 g/mol. The Bertz CT molecular complexity index is 829. The summed E-state index contributed by atoms with van der Waals surface area (Å²) in [4.78, 5) is 18.1. The standard InChI is InChI=1S/C19H19N3O3/c23-19(21-12-17-10-14-4-1-2-6-18(14)25-17)22-9-7-16(13-22)24-15-5-3-8-20-11-15/h1-6,8,10-11,16H,7,9,12-13H2,(H,21,23)/t16-/m0/s1. The molecule has 1 aromatic carbocycles. The highest BCUT2D eigenvalue weighted by Gasteiger charge is 2.27. The first-order chi connectivity index (χ1) is 12.3. The van der Waals surface area contributed by atoms with Gasteiger partial charge in [0.15, 0.2) is 0 Å². The van der Waals surface area contributed by atoms with Gasteiger partial charge in [0.25, 0.3) is 0 Å². The predicted octanol–water partition coefficient (Wildman–Crippen LogP) is 3.19. The first-order valence-corrected chi connectivity index (χ1v) is 8.35. The number of para-hydroxylation sites is 1. The number of hydrogen-bond donors (Lipinski definition) is 1. The van der Waals surface area contributed by atoms with Crippen molar-refractivity contribution in [3.8, 4) is 5.75 Å². The fourth-order valence-electron chi connectivity index (χ4n) is 3.02. The van der Waals surface area contributed by atoms with E-state index in [0.29, 0.717) is 19.6 Å². The lowest BCUT2D eigenvalue weighted by Gasteiger charge is -2.17. The predicted molar refractivity (Wildman–Crippen MR) is 93.3 cm³/mol. The molecule has 25 heavy (non-hydrogen) atoms. The van der Waals surface area contributed by atoms with Crippen molar-refractivity contribution in [1.82, 2.24) is 15.2 Å². The van der Waals surface area contributed by atoms with Crippen molar-refractivity contribution >= 4 is 17.0 Å². The van der Waals surface area contributed by atoms with E-state index in [0.717, 1.165) is 28.9 Å². The van der Waals surface area contributed by atoms with Crippen LogP contribution < -0.4 is 10.1 Å². The molecule has 2 amide bonds. The van der Waals surface area contributed by atoms with Crippen molar-refractivity contribution in [3.63, 3.8) is 0 Å². The quantitative estimate of drug-likeness (QED) is 0.794. The molecule has 1 N–H and O–H groups in total. The van der Waals surface area contributed by atoms with Crippen molar-refractivity contribution in [2.45, 2.75) is 19.1 Å². The summed E-state index contributed by atoms with van der Waals surface area (Å²) in [5.41, 5.74) is 0.831. The van der Waals surface area contributed by atoms with Crippen molar-refractivity contribution in [2.75, 3.05) is 13.1 Å². The number of aromatic nitrogens is 1. The number of benzene rings is 1. The molecule has 1 atom stereocenters. The Morgan fingerprint density at radius 2 is 2.24 bits per heavy atom. The smallest absolute Gasteiger partial charge is 0.317 e. The molecule has 4 rings (SSSR count). The van der Waals surface area contributed by atoms with Crippen molar-refractivity contribution in [3.05, 3.63) is 60.6 Å². The number of carbonyl (C=O) groups is 1. The number of pyridine rings is 1. The van der Waals surface area contributed by atoms with Crippen LogP contribution in [0.4, 0.5) is 4.79 Å². The molecule has 128 valence electrons. The highest BCUT2D eigenvalue weighted by atomic mass is 16.5. The van der Waals surface area contributed by atoms with E-state index in [1.54, 1.807) is 17.3 Å². The first kappa shape index (κ1) is 15.5. The molecule has 0 unspecified atom stereocenters. The third-order valence-electron chi connectivity index (χ3n) is 4.26. The second-order valence-electron chi connectivity index (χ2n) is 6.07. The fraction of sp³-hybridized carbons (Fsp3) is 0.263. The normalized spacial score (nSPS) is 17.0. The van der Waals surface area contributed by atoms with E-state index in [4.69, 9.17) is 9.15 Å². The van der Waals surface area contributed by atoms with Gasteiger partial charge in [-0.25, -0.2) is 4.79 Å². The topological polar surface area (TPSA) is 67.6 Å². The van der Waals surface area contributed by atoms with Crippen molar-refractivity contribution < 1.29 is 13.9 Å². The lowest BCUT2D eigenvalue weighted by molar-refractivity contribution is 0.186. The van der Waals surface area contributed by atoms with Crippen LogP contribution in [0.5, 0.6) is 5.75 Å². The van der Waals surface area contributed by atoms with Crippen LogP contribution in [0.25, 0.3) is 11.0 Å². The van der Waals surface area contributed by atoms with E-state index < -0.39 is 0 Å². The number of nitrogens with one attached hydrogen (secondary N) is 1. The zero-order valence-electron chi connectivity index (χ0n) is 13.7. The lowest BCUT2D eigenvalue weighted by Crippen LogP contribution is -2.39. The molecule has 2 aromatic heterocycles. The van der Waals surface area contributed by atoms with Crippen LogP contribution in [-0.2, 0) is 6.54 Å². The molecule has 0 bridgehead atoms. The highest BCUT2D eigenvalue weighted by Crippen LogP contribution is 2.19. The van der Waals surface area contributed by atoms with Crippen LogP contribution in [-0.4, -0.2) is 35.1 Å². The summed E-state index contributed by atoms with van der Waals surface area (Å²) in [7, 11) is 0. The number of fused-ring (bicyclic) bond motifs is 1. The van der Waals surface area contributed by atoms with Crippen molar-refractivity contribution in [1.29, 1.82) is 0 Å². The largest absolute Gasteiger partial charge is 0.487 e. The summed E-state index contributed by atoms with van der Waals surface area (Å²) < 4.78 is 11.6. The number of carbonyl (C=O) groups excluding carboxylic acids is 1. The molecule has 6 heteroatoms. The van der Waals surface area contributed by atoms with Gasteiger partial charge in [-0.1, -0.05) is 18.2 Å². The maximum absolute atomic E-state index is 12.3. The van der Waals surface area contributed by atoms with E-state index in [9.17, 15) is 4.79 Å². The molecule has 1 fully saturated rings. The molecule has 0 radical (unpaired) electrons. The lowest BCUT2D eigenvalue weighted by atomic mass is 10.2. The SMILES string of the molecule is O=C(NCc1cc2ccccc2o1)N1CC[C@H](Oc2cccnc2)C1. The summed E-state index contributed by atoms with van der Waals surface area (Å²) >= 11 is 0. The molecule has 0 saturated carbocycles. The Morgan fingerprint density at radius 1 is 1.32 bits per heavy atom. The van der Waals surface area contributed by atoms with Gasteiger partial charge in [0.2, 0.25) is 0 Å². The minimum absolute atomic E-state index is 0.00107. The van der Waals surface area contributed by atoms with Crippen molar-refractivity contribution in [2.24, 2.45) is 0 Å². The highest BCUT2D eigenvalue weighted by molar-refractivity contribution is 5.78. The molecule has 1 saturated heterocycles. The van der Waals surface area contributed by atoms with Crippen LogP contribution in [0.3, 0.4) is 0 Å². The van der Waals surface area contributed by atoms with Crippen LogP contribution in [0.2, 0.25) is 0 Å². The van der Waals surface area contributed by atoms with Gasteiger partial charge in [-0.15, -0.1) is 0 Å². The van der Waals surface area contributed by atoms with Gasteiger partial charge < -0.3 is 19.4 Å². The molecule has 6 nitrogen and oxygen atoms in total. The maximum Gasteiger partial charge on any atom is 0.317 e. The summed E-state index contributed by atoms with van der Waals surface area (Å²) in [6.45, 7) is 1.62. The number of nitrogens with zero attached hydrogens (tertiary/aromatic N) is 2. The van der Waals surface area contributed by atoms with Gasteiger partial charge in [0.1, 0.15) is 23.2 Å². The number of rotatable bonds is 4. The molecule has 1 aliphatic heterocycles. The second kappa shape index (κ2) is 6.84. The molecular weight excluding hydrogens is 318 g/mol. The minimum Gasteiger partial charge on any atom is -0.487 e. The van der Waals surface area contributed by atoms with E-state index in [2.05, 4.69) is 10.3 Å². The van der Waals surface area contributed by atoms with Crippen LogP contribution in [0.15, 0.2) is 59.3 Å². The van der Waals surface area contributed by atoms with Crippen LogP contribution >= 0.6 is 0 Å². The first-order valence-electron chi connectivity index (χ1n) is 8.35. The molecule has 3 heterocycles. The minimum atomic E-state index is -0.0993. The second-order valence-corrected chi connectivity index (χ2v) is 6.07. The van der Waals surface area contributed by atoms with E-state index in [1.165, 1.54) is 0 Å². The van der Waals surface area contributed by atoms with Crippen LogP contribution in [0.1, 0.15) is 12.2 Å². The third kappa shape index (κ3) is 3.57. The molecule has 1 aliphatic rings. The average Bonchev–Trinajstić information content (AvgIpc) is 3.27. The van der Waals surface area contributed by atoms with Gasteiger partial charge in [-0.05, 0) is 24.3 Å². The Hall–Kier alpha value is -3.02. The number of amides is 2. The number of urea groups is 1. The Balaban J connectivity index is 1.30. The van der Waals surface area contributed by atoms with E-state index >= 15 is 0 Å². The summed E-state index contributed by atoms with van der Waals surface area (Å²) in [5.74, 6) is 1.48.